The Balaban J connectivity index is 1.49. The number of aromatic nitrogens is 2. The topological polar surface area (TPSA) is 67.5 Å². The highest BCUT2D eigenvalue weighted by molar-refractivity contribution is 5.59. The fourth-order valence-electron chi connectivity index (χ4n) is 4.44. The lowest BCUT2D eigenvalue weighted by atomic mass is 9.95. The van der Waals surface area contributed by atoms with E-state index in [1.54, 1.807) is 0 Å². The van der Waals surface area contributed by atoms with Crippen molar-refractivity contribution in [1.29, 1.82) is 0 Å². The normalized spacial score (nSPS) is 22.3. The van der Waals surface area contributed by atoms with Gasteiger partial charge in [0.15, 0.2) is 23.2 Å². The van der Waals surface area contributed by atoms with Crippen LogP contribution in [-0.4, -0.2) is 53.6 Å². The van der Waals surface area contributed by atoms with Crippen LogP contribution in [0, 0.1) is 11.6 Å². The Kier molecular flexibility index (Phi) is 6.41. The molecule has 1 saturated heterocycles. The molecule has 3 heterocycles. The van der Waals surface area contributed by atoms with Gasteiger partial charge < -0.3 is 15.4 Å². The first-order valence-electron chi connectivity index (χ1n) is 10.8. The quantitative estimate of drug-likeness (QED) is 0.692. The minimum Gasteiger partial charge on any atom is -0.487 e. The number of halogens is 4. The lowest BCUT2D eigenvalue weighted by Crippen LogP contribution is -2.43. The zero-order chi connectivity index (χ0) is 23.0. The van der Waals surface area contributed by atoms with Crippen molar-refractivity contribution >= 4 is 11.6 Å². The summed E-state index contributed by atoms with van der Waals surface area (Å²) in [7, 11) is 1.83. The molecule has 6 nitrogen and oxygen atoms in total. The maximum absolute atomic E-state index is 13.9. The van der Waals surface area contributed by atoms with E-state index in [0.29, 0.717) is 49.6 Å². The van der Waals surface area contributed by atoms with E-state index in [9.17, 15) is 17.6 Å². The van der Waals surface area contributed by atoms with Gasteiger partial charge in [-0.3, -0.25) is 4.90 Å². The van der Waals surface area contributed by atoms with Gasteiger partial charge >= 0.3 is 0 Å². The summed E-state index contributed by atoms with van der Waals surface area (Å²) in [6.45, 7) is 3.05. The minimum atomic E-state index is -2.46. The Morgan fingerprint density at radius 3 is 2.56 bits per heavy atom. The van der Waals surface area contributed by atoms with Gasteiger partial charge in [-0.1, -0.05) is 0 Å². The monoisotopic (exact) mass is 453 g/mol. The first-order valence-corrected chi connectivity index (χ1v) is 10.8. The molecule has 0 amide bonds. The molecule has 2 atom stereocenters. The van der Waals surface area contributed by atoms with Gasteiger partial charge in [0.1, 0.15) is 11.9 Å². The molecule has 0 spiro atoms. The fraction of sp³-hybridized carbons (Fsp3) is 0.545. The van der Waals surface area contributed by atoms with Crippen molar-refractivity contribution in [3.8, 4) is 5.75 Å². The van der Waals surface area contributed by atoms with E-state index in [0.717, 1.165) is 12.1 Å². The number of fused-ring (bicyclic) bond motifs is 1. The van der Waals surface area contributed by atoms with Crippen LogP contribution in [0.5, 0.6) is 5.75 Å². The highest BCUT2D eigenvalue weighted by Gasteiger charge is 2.35. The Bertz CT molecular complexity index is 968. The van der Waals surface area contributed by atoms with E-state index in [-0.39, 0.29) is 30.1 Å². The number of benzene rings is 1. The standard InChI is InChI=1S/C22H27F4N5O/c1-12-9-16-20(17(30(12)2)11-19(25)26)29-22(21(27)28-16)31-7-5-14(6-8-31)32-18-4-3-13(23)10-15(18)24/h3-4,10,12,14,17,19H,5-9,11H2,1-2H3,(H2,27,28). The number of hydrogen-bond donors (Lipinski definition) is 1. The molecule has 0 bridgehead atoms. The number of rotatable bonds is 5. The number of nitrogens with two attached hydrogens (primary N) is 1. The summed E-state index contributed by atoms with van der Waals surface area (Å²) in [5.74, 6) is -0.612. The molecule has 1 aromatic carbocycles. The van der Waals surface area contributed by atoms with E-state index in [2.05, 4.69) is 4.98 Å². The number of alkyl halides is 2. The third-order valence-electron chi connectivity index (χ3n) is 6.33. The predicted octanol–water partition coefficient (Wildman–Crippen LogP) is 3.96. The molecule has 174 valence electrons. The van der Waals surface area contributed by atoms with Gasteiger partial charge in [-0.05, 0) is 26.1 Å². The lowest BCUT2D eigenvalue weighted by Gasteiger charge is -2.39. The van der Waals surface area contributed by atoms with Gasteiger partial charge in [-0.25, -0.2) is 27.5 Å². The number of likely N-dealkylation sites (N-methyl/N-ethyl adjacent to an activating group) is 1. The molecule has 0 saturated carbocycles. The highest BCUT2D eigenvalue weighted by atomic mass is 19.3. The molecule has 2 aliphatic heterocycles. The first kappa shape index (κ1) is 22.6. The molecular weight excluding hydrogens is 426 g/mol. The average molecular weight is 453 g/mol. The van der Waals surface area contributed by atoms with Crippen LogP contribution in [0.1, 0.15) is 43.6 Å². The third kappa shape index (κ3) is 4.60. The van der Waals surface area contributed by atoms with Gasteiger partial charge in [0, 0.05) is 50.9 Å². The van der Waals surface area contributed by atoms with Gasteiger partial charge in [-0.2, -0.15) is 0 Å². The van der Waals surface area contributed by atoms with Crippen molar-refractivity contribution in [1.82, 2.24) is 14.9 Å². The van der Waals surface area contributed by atoms with E-state index in [4.69, 9.17) is 15.5 Å². The second-order valence-corrected chi connectivity index (χ2v) is 8.50. The van der Waals surface area contributed by atoms with Crippen molar-refractivity contribution in [2.45, 2.75) is 57.2 Å². The van der Waals surface area contributed by atoms with Gasteiger partial charge in [-0.15, -0.1) is 0 Å². The molecule has 2 aliphatic rings. The van der Waals surface area contributed by atoms with Crippen LogP contribution in [0.15, 0.2) is 18.2 Å². The fourth-order valence-corrected chi connectivity index (χ4v) is 4.44. The second-order valence-electron chi connectivity index (χ2n) is 8.50. The number of anilines is 2. The lowest BCUT2D eigenvalue weighted by molar-refractivity contribution is 0.0668. The summed E-state index contributed by atoms with van der Waals surface area (Å²) in [5.41, 5.74) is 7.43. The molecule has 32 heavy (non-hydrogen) atoms. The maximum Gasteiger partial charge on any atom is 0.240 e. The van der Waals surface area contributed by atoms with Crippen molar-refractivity contribution in [3.63, 3.8) is 0 Å². The third-order valence-corrected chi connectivity index (χ3v) is 6.33. The molecule has 4 rings (SSSR count). The number of nitrogen functional groups attached to an aromatic ring is 1. The molecule has 0 radical (unpaired) electrons. The Hall–Kier alpha value is -2.62. The number of ether oxygens (including phenoxy) is 1. The first-order chi connectivity index (χ1) is 15.2. The van der Waals surface area contributed by atoms with Crippen LogP contribution < -0.4 is 15.4 Å². The van der Waals surface area contributed by atoms with Crippen LogP contribution in [-0.2, 0) is 6.42 Å². The number of nitrogens with zero attached hydrogens (tertiary/aromatic N) is 4. The molecule has 1 fully saturated rings. The Labute approximate surface area is 184 Å². The molecule has 2 unspecified atom stereocenters. The largest absolute Gasteiger partial charge is 0.487 e. The molecule has 2 N–H and O–H groups in total. The van der Waals surface area contributed by atoms with Crippen molar-refractivity contribution in [3.05, 3.63) is 41.2 Å². The van der Waals surface area contributed by atoms with E-state index < -0.39 is 24.1 Å². The predicted molar refractivity (Wildman–Crippen MR) is 113 cm³/mol. The van der Waals surface area contributed by atoms with E-state index >= 15 is 0 Å². The molecule has 0 aliphatic carbocycles. The van der Waals surface area contributed by atoms with Gasteiger partial charge in [0.2, 0.25) is 6.43 Å². The summed E-state index contributed by atoms with van der Waals surface area (Å²) in [5, 5.41) is 0. The summed E-state index contributed by atoms with van der Waals surface area (Å²) >= 11 is 0. The summed E-state index contributed by atoms with van der Waals surface area (Å²) in [4.78, 5) is 13.1. The van der Waals surface area contributed by atoms with Gasteiger partial charge in [0.25, 0.3) is 0 Å². The van der Waals surface area contributed by atoms with Crippen molar-refractivity contribution in [2.24, 2.45) is 0 Å². The van der Waals surface area contributed by atoms with Crippen LogP contribution in [0.4, 0.5) is 29.2 Å². The molecular formula is C22H27F4N5O. The summed E-state index contributed by atoms with van der Waals surface area (Å²) in [6.07, 6.45) is -1.26. The highest BCUT2D eigenvalue weighted by Crippen LogP contribution is 2.37. The van der Waals surface area contributed by atoms with Crippen molar-refractivity contribution < 1.29 is 22.3 Å². The van der Waals surface area contributed by atoms with Crippen LogP contribution in [0.25, 0.3) is 0 Å². The van der Waals surface area contributed by atoms with Crippen molar-refractivity contribution in [2.75, 3.05) is 30.8 Å². The molecule has 2 aromatic rings. The van der Waals surface area contributed by atoms with Gasteiger partial charge in [0.05, 0.1) is 17.4 Å². The Morgan fingerprint density at radius 2 is 1.91 bits per heavy atom. The second kappa shape index (κ2) is 9.09. The number of piperidine rings is 1. The zero-order valence-electron chi connectivity index (χ0n) is 18.1. The van der Waals surface area contributed by atoms with E-state index in [1.165, 1.54) is 6.07 Å². The molecule has 1 aromatic heterocycles. The summed E-state index contributed by atoms with van der Waals surface area (Å²) in [6, 6.07) is 2.77. The zero-order valence-corrected chi connectivity index (χ0v) is 18.1. The van der Waals surface area contributed by atoms with Crippen LogP contribution >= 0.6 is 0 Å². The SMILES string of the molecule is CC1Cc2nc(N)c(N3CCC(Oc4ccc(F)cc4F)CC3)nc2C(CC(F)F)N1C. The summed E-state index contributed by atoms with van der Waals surface area (Å²) < 4.78 is 59.2. The minimum absolute atomic E-state index is 0.0185. The average Bonchev–Trinajstić information content (AvgIpc) is 2.73. The maximum atomic E-state index is 13.9. The smallest absolute Gasteiger partial charge is 0.240 e. The number of hydrogen-bond acceptors (Lipinski definition) is 6. The van der Waals surface area contributed by atoms with Crippen LogP contribution in [0.2, 0.25) is 0 Å². The van der Waals surface area contributed by atoms with E-state index in [1.807, 2.05) is 23.8 Å². The van der Waals surface area contributed by atoms with Crippen LogP contribution in [0.3, 0.4) is 0 Å². The Morgan fingerprint density at radius 1 is 1.19 bits per heavy atom. The molecule has 10 heteroatoms.